The lowest BCUT2D eigenvalue weighted by molar-refractivity contribution is -0.123. The number of carbonyl (C=O) groups excluding carboxylic acids is 2. The number of ether oxygens (including phenoxy) is 1. The van der Waals surface area contributed by atoms with Crippen LogP contribution in [0.1, 0.15) is 69.3 Å². The summed E-state index contributed by atoms with van der Waals surface area (Å²) in [4.78, 5) is 28.0. The van der Waals surface area contributed by atoms with Gasteiger partial charge < -0.3 is 4.74 Å². The van der Waals surface area contributed by atoms with E-state index in [1.54, 1.807) is 22.7 Å². The molecule has 0 saturated heterocycles. The molecule has 168 valence electrons. The zero-order chi connectivity index (χ0) is 22.5. The zero-order valence-electron chi connectivity index (χ0n) is 19.0. The van der Waals surface area contributed by atoms with Gasteiger partial charge in [0.15, 0.2) is 5.82 Å². The Labute approximate surface area is 187 Å². The maximum absolute atomic E-state index is 13.5. The van der Waals surface area contributed by atoms with Crippen LogP contribution >= 0.6 is 9.24 Å². The van der Waals surface area contributed by atoms with Crippen molar-refractivity contribution in [1.29, 1.82) is 0 Å². The second kappa shape index (κ2) is 10.4. The molecule has 6 nitrogen and oxygen atoms in total. The number of hydrogen-bond acceptors (Lipinski definition) is 4. The van der Waals surface area contributed by atoms with E-state index in [9.17, 15) is 9.59 Å². The molecule has 1 amide bonds. The van der Waals surface area contributed by atoms with Crippen molar-refractivity contribution in [1.82, 2.24) is 9.78 Å². The summed E-state index contributed by atoms with van der Waals surface area (Å²) >= 11 is 0. The molecule has 0 spiro atoms. The van der Waals surface area contributed by atoms with Crippen LogP contribution in [0.25, 0.3) is 5.69 Å². The smallest absolute Gasteiger partial charge is 0.343 e. The molecule has 1 aromatic carbocycles. The Morgan fingerprint density at radius 3 is 2.39 bits per heavy atom. The molecule has 1 aliphatic carbocycles. The largest absolute Gasteiger partial charge is 0.462 e. The van der Waals surface area contributed by atoms with Crippen molar-refractivity contribution >= 4 is 26.9 Å². The highest BCUT2D eigenvalue weighted by molar-refractivity contribution is 7.15. The van der Waals surface area contributed by atoms with E-state index in [-0.39, 0.29) is 24.5 Å². The van der Waals surface area contributed by atoms with E-state index in [2.05, 4.69) is 16.2 Å². The first-order valence-electron chi connectivity index (χ1n) is 11.2. The average Bonchev–Trinajstić information content (AvgIpc) is 3.19. The number of aromatic nitrogens is 2. The molecule has 1 unspecified atom stereocenters. The molecule has 2 aromatic rings. The van der Waals surface area contributed by atoms with E-state index < -0.39 is 5.97 Å². The molecular formula is C24H34N3O3P. The SMILES string of the molecule is CCOC(=O)c1cn(-c2ccc(CP)cc2)nc1N(C(=O)C1CCC(C)CC1)C(C)C. The van der Waals surface area contributed by atoms with E-state index >= 15 is 0 Å². The first-order valence-corrected chi connectivity index (χ1v) is 12.1. The van der Waals surface area contributed by atoms with Gasteiger partial charge in [0.25, 0.3) is 0 Å². The van der Waals surface area contributed by atoms with Gasteiger partial charge in [0.2, 0.25) is 5.91 Å². The Morgan fingerprint density at radius 1 is 1.19 bits per heavy atom. The van der Waals surface area contributed by atoms with Gasteiger partial charge in [0.1, 0.15) is 5.56 Å². The molecule has 0 radical (unpaired) electrons. The van der Waals surface area contributed by atoms with E-state index in [1.807, 2.05) is 38.1 Å². The normalized spacial score (nSPS) is 18.8. The Balaban J connectivity index is 2.01. The molecule has 1 aromatic heterocycles. The lowest BCUT2D eigenvalue weighted by Crippen LogP contribution is -2.43. The molecule has 1 saturated carbocycles. The number of carbonyl (C=O) groups is 2. The minimum atomic E-state index is -0.457. The number of hydrogen-bond donors (Lipinski definition) is 0. The first kappa shape index (κ1) is 23.5. The molecule has 0 bridgehead atoms. The molecule has 3 rings (SSSR count). The van der Waals surface area contributed by atoms with Crippen LogP contribution in [0, 0.1) is 11.8 Å². The maximum Gasteiger partial charge on any atom is 0.343 e. The summed E-state index contributed by atoms with van der Waals surface area (Å²) in [5.74, 6) is 0.611. The van der Waals surface area contributed by atoms with Gasteiger partial charge in [-0.05, 0) is 76.2 Å². The molecule has 1 atom stereocenters. The van der Waals surface area contributed by atoms with Gasteiger partial charge in [-0.25, -0.2) is 9.48 Å². The van der Waals surface area contributed by atoms with Crippen LogP contribution in [0.3, 0.4) is 0 Å². The van der Waals surface area contributed by atoms with Crippen molar-refractivity contribution < 1.29 is 14.3 Å². The van der Waals surface area contributed by atoms with E-state index in [0.717, 1.165) is 37.5 Å². The summed E-state index contributed by atoms with van der Waals surface area (Å²) in [7, 11) is 2.71. The predicted molar refractivity (Wildman–Crippen MR) is 127 cm³/mol. The predicted octanol–water partition coefficient (Wildman–Crippen LogP) is 4.99. The second-order valence-electron chi connectivity index (χ2n) is 8.66. The van der Waals surface area contributed by atoms with E-state index in [4.69, 9.17) is 9.84 Å². The average molecular weight is 444 g/mol. The molecule has 0 N–H and O–H groups in total. The van der Waals surface area contributed by atoms with Gasteiger partial charge in [-0.2, -0.15) is 0 Å². The van der Waals surface area contributed by atoms with Gasteiger partial charge >= 0.3 is 5.97 Å². The molecule has 1 heterocycles. The van der Waals surface area contributed by atoms with E-state index in [0.29, 0.717) is 17.3 Å². The van der Waals surface area contributed by atoms with Crippen molar-refractivity contribution in [2.45, 2.75) is 65.6 Å². The van der Waals surface area contributed by atoms with Crippen molar-refractivity contribution in [3.05, 3.63) is 41.6 Å². The molecule has 7 heteroatoms. The van der Waals surface area contributed by atoms with Crippen LogP contribution in [0.4, 0.5) is 5.82 Å². The minimum Gasteiger partial charge on any atom is -0.462 e. The third kappa shape index (κ3) is 5.35. The summed E-state index contributed by atoms with van der Waals surface area (Å²) < 4.78 is 6.96. The fourth-order valence-electron chi connectivity index (χ4n) is 4.12. The van der Waals surface area contributed by atoms with E-state index in [1.165, 1.54) is 5.56 Å². The highest BCUT2D eigenvalue weighted by Crippen LogP contribution is 2.33. The van der Waals surface area contributed by atoms with Gasteiger partial charge in [-0.15, -0.1) is 14.3 Å². The molecule has 1 aliphatic rings. The Hall–Kier alpha value is -2.20. The number of benzene rings is 1. The second-order valence-corrected chi connectivity index (χ2v) is 9.07. The molecule has 31 heavy (non-hydrogen) atoms. The minimum absolute atomic E-state index is 0.0277. The van der Waals surface area contributed by atoms with Crippen LogP contribution < -0.4 is 4.90 Å². The van der Waals surface area contributed by atoms with Gasteiger partial charge in [0.05, 0.1) is 12.3 Å². The standard InChI is InChI=1S/C24H34N3O3P/c1-5-30-24(29)21-14-26(20-12-8-18(15-31)9-13-20)25-22(21)27(16(2)3)23(28)19-10-6-17(4)7-11-19/h8-9,12-14,16-17,19H,5-7,10-11,15,31H2,1-4H3. The first-order chi connectivity index (χ1) is 14.8. The topological polar surface area (TPSA) is 64.4 Å². The highest BCUT2D eigenvalue weighted by Gasteiger charge is 2.34. The Kier molecular flexibility index (Phi) is 7.88. The van der Waals surface area contributed by atoms with Crippen LogP contribution in [0.5, 0.6) is 0 Å². The van der Waals surface area contributed by atoms with Crippen molar-refractivity contribution in [2.75, 3.05) is 11.5 Å². The van der Waals surface area contributed by atoms with Crippen molar-refractivity contribution in [3.63, 3.8) is 0 Å². The lowest BCUT2D eigenvalue weighted by Gasteiger charge is -2.32. The fourth-order valence-corrected chi connectivity index (χ4v) is 4.39. The molecule has 0 aliphatic heterocycles. The molecule has 1 fully saturated rings. The summed E-state index contributed by atoms with van der Waals surface area (Å²) in [5, 5.41) is 4.71. The van der Waals surface area contributed by atoms with Crippen LogP contribution in [-0.2, 0) is 15.7 Å². The summed E-state index contributed by atoms with van der Waals surface area (Å²) in [5.41, 5.74) is 2.35. The van der Waals surface area contributed by atoms with Crippen LogP contribution in [0.15, 0.2) is 30.5 Å². The lowest BCUT2D eigenvalue weighted by atomic mass is 9.82. The van der Waals surface area contributed by atoms with Crippen molar-refractivity contribution in [2.24, 2.45) is 11.8 Å². The van der Waals surface area contributed by atoms with Gasteiger partial charge in [0, 0.05) is 18.2 Å². The zero-order valence-corrected chi connectivity index (χ0v) is 20.2. The Bertz CT molecular complexity index is 899. The number of nitrogens with zero attached hydrogens (tertiary/aromatic N) is 3. The number of rotatable bonds is 7. The highest BCUT2D eigenvalue weighted by atomic mass is 31.0. The summed E-state index contributed by atoms with van der Waals surface area (Å²) in [6.07, 6.45) is 6.43. The Morgan fingerprint density at radius 2 is 1.84 bits per heavy atom. The summed E-state index contributed by atoms with van der Waals surface area (Å²) in [6, 6.07) is 7.87. The number of amides is 1. The summed E-state index contributed by atoms with van der Waals surface area (Å²) in [6.45, 7) is 8.21. The quantitative estimate of drug-likeness (QED) is 0.447. The third-order valence-electron chi connectivity index (χ3n) is 5.97. The monoisotopic (exact) mass is 443 g/mol. The third-order valence-corrected chi connectivity index (χ3v) is 6.45. The molecular weight excluding hydrogens is 409 g/mol. The van der Waals surface area contributed by atoms with Crippen LogP contribution in [0.2, 0.25) is 0 Å². The number of anilines is 1. The van der Waals surface area contributed by atoms with Gasteiger partial charge in [-0.1, -0.05) is 19.1 Å². The van der Waals surface area contributed by atoms with Gasteiger partial charge in [-0.3, -0.25) is 9.69 Å². The van der Waals surface area contributed by atoms with Crippen molar-refractivity contribution in [3.8, 4) is 5.69 Å². The fraction of sp³-hybridized carbons (Fsp3) is 0.542. The number of esters is 1. The maximum atomic E-state index is 13.5. The van der Waals surface area contributed by atoms with Crippen LogP contribution in [-0.4, -0.2) is 34.3 Å².